The van der Waals surface area contributed by atoms with Gasteiger partial charge in [0.2, 0.25) is 10.0 Å². The van der Waals surface area contributed by atoms with Gasteiger partial charge in [-0.15, -0.1) is 0 Å². The second-order valence-corrected chi connectivity index (χ2v) is 6.28. The highest BCUT2D eigenvalue weighted by atomic mass is 32.2. The minimum absolute atomic E-state index is 0.0394. The Bertz CT molecular complexity index is 759. The monoisotopic (exact) mass is 296 g/mol. The van der Waals surface area contributed by atoms with Crippen molar-refractivity contribution in [2.75, 3.05) is 5.75 Å². The Labute approximate surface area is 115 Å². The summed E-state index contributed by atoms with van der Waals surface area (Å²) in [5.74, 6) is 0.297. The maximum Gasteiger partial charge on any atom is 0.238 e. The number of benzene rings is 1. The number of sulfonamides is 1. The van der Waals surface area contributed by atoms with Crippen LogP contribution in [0.4, 0.5) is 0 Å². The van der Waals surface area contributed by atoms with Crippen LogP contribution in [0.5, 0.6) is 0 Å². The Kier molecular flexibility index (Phi) is 3.80. The molecule has 6 nitrogen and oxygen atoms in total. The first-order valence-corrected chi connectivity index (χ1v) is 8.03. The van der Waals surface area contributed by atoms with Gasteiger partial charge in [-0.1, -0.05) is 11.8 Å². The molecular weight excluding hydrogens is 284 g/mol. The Balaban J connectivity index is 2.59. The van der Waals surface area contributed by atoms with Crippen LogP contribution in [0.15, 0.2) is 28.3 Å². The molecule has 0 aliphatic carbocycles. The molecule has 0 radical (unpaired) electrons. The van der Waals surface area contributed by atoms with Gasteiger partial charge in [-0.3, -0.25) is 0 Å². The number of thioether (sulfide) groups is 1. The molecule has 2 aromatic rings. The zero-order valence-electron chi connectivity index (χ0n) is 10.2. The lowest BCUT2D eigenvalue weighted by atomic mass is 10.3. The summed E-state index contributed by atoms with van der Waals surface area (Å²) in [6.45, 7) is 2.66. The van der Waals surface area contributed by atoms with Crippen LogP contribution in [-0.2, 0) is 16.6 Å². The van der Waals surface area contributed by atoms with Crippen LogP contribution in [-0.4, -0.2) is 23.7 Å². The second-order valence-electron chi connectivity index (χ2n) is 3.78. The first-order valence-electron chi connectivity index (χ1n) is 5.50. The van der Waals surface area contributed by atoms with E-state index in [4.69, 9.17) is 10.4 Å². The number of nitrogens with two attached hydrogens (primary N) is 1. The quantitative estimate of drug-likeness (QED) is 0.857. The maximum atomic E-state index is 11.3. The van der Waals surface area contributed by atoms with Crippen LogP contribution >= 0.6 is 11.8 Å². The van der Waals surface area contributed by atoms with E-state index in [-0.39, 0.29) is 4.90 Å². The smallest absolute Gasteiger partial charge is 0.238 e. The molecule has 8 heteroatoms. The highest BCUT2D eigenvalue weighted by Gasteiger charge is 2.14. The number of nitriles is 1. The van der Waals surface area contributed by atoms with E-state index in [9.17, 15) is 8.42 Å². The second kappa shape index (κ2) is 5.21. The topological polar surface area (TPSA) is 102 Å². The van der Waals surface area contributed by atoms with Crippen molar-refractivity contribution >= 4 is 32.8 Å². The molecule has 1 heterocycles. The summed E-state index contributed by atoms with van der Waals surface area (Å²) in [7, 11) is -3.73. The normalized spacial score (nSPS) is 11.6. The van der Waals surface area contributed by atoms with Gasteiger partial charge in [0.05, 0.1) is 27.8 Å². The lowest BCUT2D eigenvalue weighted by molar-refractivity contribution is 0.598. The molecule has 100 valence electrons. The van der Waals surface area contributed by atoms with Crippen LogP contribution in [0.25, 0.3) is 11.0 Å². The molecule has 0 unspecified atom stereocenters. The number of primary sulfonamides is 1. The molecule has 0 spiro atoms. The number of rotatable bonds is 4. The van der Waals surface area contributed by atoms with Gasteiger partial charge in [-0.25, -0.2) is 18.5 Å². The van der Waals surface area contributed by atoms with Crippen molar-refractivity contribution in [3.63, 3.8) is 0 Å². The molecule has 2 rings (SSSR count). The first-order chi connectivity index (χ1) is 8.97. The van der Waals surface area contributed by atoms with E-state index in [1.165, 1.54) is 23.9 Å². The van der Waals surface area contributed by atoms with Crippen LogP contribution in [0.3, 0.4) is 0 Å². The van der Waals surface area contributed by atoms with Gasteiger partial charge in [0.25, 0.3) is 0 Å². The highest BCUT2D eigenvalue weighted by Crippen LogP contribution is 2.25. The molecule has 19 heavy (non-hydrogen) atoms. The first kappa shape index (κ1) is 13.9. The number of fused-ring (bicyclic) bond motifs is 1. The van der Waals surface area contributed by atoms with E-state index < -0.39 is 10.0 Å². The Hall–Kier alpha value is -1.56. The van der Waals surface area contributed by atoms with Gasteiger partial charge in [-0.05, 0) is 25.1 Å². The van der Waals surface area contributed by atoms with Gasteiger partial charge in [0.15, 0.2) is 5.16 Å². The number of nitrogens with zero attached hydrogens (tertiary/aromatic N) is 3. The van der Waals surface area contributed by atoms with E-state index in [0.29, 0.717) is 23.0 Å². The fourth-order valence-electron chi connectivity index (χ4n) is 1.78. The number of aryl methyl sites for hydroxylation is 1. The predicted octanol–water partition coefficient (Wildman–Crippen LogP) is 1.32. The molecule has 2 N–H and O–H groups in total. The molecule has 0 bridgehead atoms. The molecule has 0 aliphatic rings. The number of aromatic nitrogens is 2. The van der Waals surface area contributed by atoms with E-state index >= 15 is 0 Å². The fraction of sp³-hybridized carbons (Fsp3) is 0.273. The number of imidazole rings is 1. The zero-order valence-corrected chi connectivity index (χ0v) is 11.8. The summed E-state index contributed by atoms with van der Waals surface area (Å²) in [6, 6.07) is 6.64. The summed E-state index contributed by atoms with van der Waals surface area (Å²) in [6.07, 6.45) is 0. The van der Waals surface area contributed by atoms with Gasteiger partial charge < -0.3 is 4.57 Å². The van der Waals surface area contributed by atoms with E-state index in [1.807, 2.05) is 17.6 Å². The Morgan fingerprint density at radius 3 is 2.84 bits per heavy atom. The van der Waals surface area contributed by atoms with E-state index in [2.05, 4.69) is 4.98 Å². The molecule has 0 fully saturated rings. The summed E-state index contributed by atoms with van der Waals surface area (Å²) < 4.78 is 24.5. The molecule has 0 atom stereocenters. The average Bonchev–Trinajstić information content (AvgIpc) is 2.71. The van der Waals surface area contributed by atoms with Crippen molar-refractivity contribution in [1.29, 1.82) is 5.26 Å². The number of hydrogen-bond donors (Lipinski definition) is 1. The average molecular weight is 296 g/mol. The molecule has 0 aliphatic heterocycles. The van der Waals surface area contributed by atoms with Crippen molar-refractivity contribution < 1.29 is 8.42 Å². The Morgan fingerprint density at radius 2 is 2.26 bits per heavy atom. The van der Waals surface area contributed by atoms with Gasteiger partial charge in [0, 0.05) is 6.54 Å². The SMILES string of the molecule is CCn1c(SCC#N)nc2cc(S(N)(=O)=O)ccc21. The largest absolute Gasteiger partial charge is 0.319 e. The fourth-order valence-corrected chi connectivity index (χ4v) is 3.05. The minimum Gasteiger partial charge on any atom is -0.319 e. The molecular formula is C11H12N4O2S2. The maximum absolute atomic E-state index is 11.3. The Morgan fingerprint density at radius 1 is 1.53 bits per heavy atom. The number of hydrogen-bond acceptors (Lipinski definition) is 5. The standard InChI is InChI=1S/C11H12N4O2S2/c1-2-15-10-4-3-8(19(13,16)17)7-9(10)14-11(15)18-6-5-12/h3-4,7H,2,6H2,1H3,(H2,13,16,17). The van der Waals surface area contributed by atoms with Gasteiger partial charge in [-0.2, -0.15) is 5.26 Å². The third-order valence-corrected chi connectivity index (χ3v) is 4.35. The summed E-state index contributed by atoms with van der Waals surface area (Å²) in [5.41, 5.74) is 1.39. The molecule has 0 saturated carbocycles. The molecule has 1 aromatic heterocycles. The summed E-state index contributed by atoms with van der Waals surface area (Å²) >= 11 is 1.32. The van der Waals surface area contributed by atoms with Crippen molar-refractivity contribution in [3.8, 4) is 6.07 Å². The molecule has 0 amide bonds. The molecule has 1 aromatic carbocycles. The van der Waals surface area contributed by atoms with Gasteiger partial charge >= 0.3 is 0 Å². The zero-order chi connectivity index (χ0) is 14.0. The molecule has 0 saturated heterocycles. The minimum atomic E-state index is -3.73. The van der Waals surface area contributed by atoms with Crippen LogP contribution in [0.2, 0.25) is 0 Å². The van der Waals surface area contributed by atoms with Crippen molar-refractivity contribution in [1.82, 2.24) is 9.55 Å². The van der Waals surface area contributed by atoms with Crippen LogP contribution in [0.1, 0.15) is 6.92 Å². The van der Waals surface area contributed by atoms with Crippen LogP contribution in [0, 0.1) is 11.3 Å². The van der Waals surface area contributed by atoms with Crippen molar-refractivity contribution in [2.45, 2.75) is 23.5 Å². The highest BCUT2D eigenvalue weighted by molar-refractivity contribution is 7.99. The summed E-state index contributed by atoms with van der Waals surface area (Å²) in [5, 5.41) is 14.4. The van der Waals surface area contributed by atoms with Crippen molar-refractivity contribution in [2.24, 2.45) is 5.14 Å². The van der Waals surface area contributed by atoms with Crippen LogP contribution < -0.4 is 5.14 Å². The lowest BCUT2D eigenvalue weighted by Crippen LogP contribution is -2.11. The third kappa shape index (κ3) is 2.73. The van der Waals surface area contributed by atoms with E-state index in [1.54, 1.807) is 6.07 Å². The third-order valence-electron chi connectivity index (χ3n) is 2.60. The van der Waals surface area contributed by atoms with E-state index in [0.717, 1.165) is 5.52 Å². The summed E-state index contributed by atoms with van der Waals surface area (Å²) in [4.78, 5) is 4.39. The predicted molar refractivity (Wildman–Crippen MR) is 73.1 cm³/mol. The van der Waals surface area contributed by atoms with Crippen molar-refractivity contribution in [3.05, 3.63) is 18.2 Å². The van der Waals surface area contributed by atoms with Gasteiger partial charge in [0.1, 0.15) is 0 Å². The lowest BCUT2D eigenvalue weighted by Gasteiger charge is -2.03.